The van der Waals surface area contributed by atoms with Gasteiger partial charge in [0, 0.05) is 31.0 Å². The molecule has 0 aliphatic heterocycles. The fourth-order valence-corrected chi connectivity index (χ4v) is 2.68. The van der Waals surface area contributed by atoms with E-state index < -0.39 is 0 Å². The molecule has 3 aromatic rings. The molecule has 2 heterocycles. The second kappa shape index (κ2) is 6.26. The first-order valence-corrected chi connectivity index (χ1v) is 7.51. The number of nitrogens with one attached hydrogen (secondary N) is 1. The van der Waals surface area contributed by atoms with Crippen molar-refractivity contribution in [2.45, 2.75) is 13.5 Å². The highest BCUT2D eigenvalue weighted by molar-refractivity contribution is 6.31. The topological polar surface area (TPSA) is 64.7 Å². The van der Waals surface area contributed by atoms with Crippen molar-refractivity contribution in [2.75, 3.05) is 0 Å². The number of nitrogens with zero attached hydrogens (tertiary/aromatic N) is 4. The summed E-state index contributed by atoms with van der Waals surface area (Å²) in [5.74, 6) is 0.421. The van der Waals surface area contributed by atoms with Crippen LogP contribution >= 0.6 is 11.6 Å². The van der Waals surface area contributed by atoms with Crippen molar-refractivity contribution in [1.82, 2.24) is 24.9 Å². The van der Waals surface area contributed by atoms with Gasteiger partial charge in [-0.05, 0) is 24.6 Å². The zero-order valence-electron chi connectivity index (χ0n) is 12.8. The van der Waals surface area contributed by atoms with Gasteiger partial charge >= 0.3 is 0 Å². The number of hydrogen-bond acceptors (Lipinski definition) is 3. The van der Waals surface area contributed by atoms with Gasteiger partial charge in [-0.2, -0.15) is 10.2 Å². The average molecular weight is 330 g/mol. The van der Waals surface area contributed by atoms with E-state index in [1.54, 1.807) is 47.9 Å². The first-order valence-electron chi connectivity index (χ1n) is 7.13. The number of aryl methyl sites for hydroxylation is 2. The van der Waals surface area contributed by atoms with E-state index in [1.165, 1.54) is 0 Å². The Bertz CT molecular complexity index is 838. The van der Waals surface area contributed by atoms with E-state index in [-0.39, 0.29) is 5.91 Å². The molecule has 1 amide bonds. The summed E-state index contributed by atoms with van der Waals surface area (Å²) in [6.07, 6.45) is 3.44. The molecule has 118 valence electrons. The molecule has 2 aromatic heterocycles. The summed E-state index contributed by atoms with van der Waals surface area (Å²) in [6, 6.07) is 9.22. The van der Waals surface area contributed by atoms with Crippen LogP contribution in [0.1, 0.15) is 21.6 Å². The van der Waals surface area contributed by atoms with Crippen LogP contribution in [0.25, 0.3) is 5.82 Å². The summed E-state index contributed by atoms with van der Waals surface area (Å²) in [6.45, 7) is 2.16. The summed E-state index contributed by atoms with van der Waals surface area (Å²) in [7, 11) is 1.79. The third-order valence-corrected chi connectivity index (χ3v) is 3.91. The number of carbonyl (C=O) groups excluding carboxylic acids is 1. The molecule has 3 rings (SSSR count). The third kappa shape index (κ3) is 2.98. The molecular formula is C16H16ClN5O. The maximum atomic E-state index is 12.6. The van der Waals surface area contributed by atoms with Gasteiger partial charge in [0.1, 0.15) is 5.56 Å². The Balaban J connectivity index is 1.87. The second-order valence-corrected chi connectivity index (χ2v) is 5.54. The van der Waals surface area contributed by atoms with Crippen LogP contribution < -0.4 is 5.32 Å². The van der Waals surface area contributed by atoms with Gasteiger partial charge in [-0.15, -0.1) is 0 Å². The molecule has 23 heavy (non-hydrogen) atoms. The molecule has 0 spiro atoms. The molecule has 0 atom stereocenters. The molecule has 1 N–H and O–H groups in total. The molecule has 0 bridgehead atoms. The second-order valence-electron chi connectivity index (χ2n) is 5.13. The molecule has 7 heteroatoms. The molecule has 1 aromatic carbocycles. The summed E-state index contributed by atoms with van der Waals surface area (Å²) in [5.41, 5.74) is 2.02. The van der Waals surface area contributed by atoms with Crippen molar-refractivity contribution < 1.29 is 4.79 Å². The van der Waals surface area contributed by atoms with Crippen molar-refractivity contribution in [3.05, 3.63) is 64.6 Å². The van der Waals surface area contributed by atoms with Crippen molar-refractivity contribution in [1.29, 1.82) is 0 Å². The number of amides is 1. The Kier molecular flexibility index (Phi) is 4.16. The van der Waals surface area contributed by atoms with Gasteiger partial charge in [0.25, 0.3) is 5.91 Å². The minimum atomic E-state index is -0.207. The van der Waals surface area contributed by atoms with Gasteiger partial charge in [0.05, 0.1) is 5.69 Å². The van der Waals surface area contributed by atoms with E-state index in [0.29, 0.717) is 28.6 Å². The zero-order valence-corrected chi connectivity index (χ0v) is 13.6. The fourth-order valence-electron chi connectivity index (χ4n) is 2.47. The predicted molar refractivity (Wildman–Crippen MR) is 87.7 cm³/mol. The largest absolute Gasteiger partial charge is 0.348 e. The van der Waals surface area contributed by atoms with Gasteiger partial charge in [-0.3, -0.25) is 4.79 Å². The molecule has 0 aliphatic carbocycles. The highest BCUT2D eigenvalue weighted by Gasteiger charge is 2.21. The standard InChI is InChI=1S/C16H16ClN5O/c1-11-14(16(21(2)20-11)22-9-5-8-19-22)15(23)18-10-12-6-3-4-7-13(12)17/h3-9H,10H2,1-2H3,(H,18,23). The van der Waals surface area contributed by atoms with Gasteiger partial charge < -0.3 is 5.32 Å². The summed E-state index contributed by atoms with van der Waals surface area (Å²) >= 11 is 6.12. The van der Waals surface area contributed by atoms with Gasteiger partial charge in [0.15, 0.2) is 5.82 Å². The molecule has 0 radical (unpaired) electrons. The van der Waals surface area contributed by atoms with Gasteiger partial charge in [0.2, 0.25) is 0 Å². The SMILES string of the molecule is Cc1nn(C)c(-n2cccn2)c1C(=O)NCc1ccccc1Cl. The number of hydrogen-bond donors (Lipinski definition) is 1. The lowest BCUT2D eigenvalue weighted by atomic mass is 10.2. The molecule has 6 nitrogen and oxygen atoms in total. The lowest BCUT2D eigenvalue weighted by Crippen LogP contribution is -2.25. The first-order chi connectivity index (χ1) is 11.1. The summed E-state index contributed by atoms with van der Waals surface area (Å²) in [5, 5.41) is 12.0. The van der Waals surface area contributed by atoms with Crippen molar-refractivity contribution in [3.8, 4) is 5.82 Å². The minimum Gasteiger partial charge on any atom is -0.348 e. The zero-order chi connectivity index (χ0) is 16.4. The highest BCUT2D eigenvalue weighted by Crippen LogP contribution is 2.18. The normalized spacial score (nSPS) is 10.7. The van der Waals surface area contributed by atoms with E-state index in [9.17, 15) is 4.79 Å². The third-order valence-electron chi connectivity index (χ3n) is 3.54. The molecule has 0 fully saturated rings. The molecule has 0 saturated heterocycles. The maximum absolute atomic E-state index is 12.6. The predicted octanol–water partition coefficient (Wildman–Crippen LogP) is 2.50. The van der Waals surface area contributed by atoms with Crippen LogP contribution in [0.2, 0.25) is 5.02 Å². The monoisotopic (exact) mass is 329 g/mol. The fraction of sp³-hybridized carbons (Fsp3) is 0.188. The minimum absolute atomic E-state index is 0.207. The number of aromatic nitrogens is 4. The number of benzene rings is 1. The van der Waals surface area contributed by atoms with Crippen LogP contribution in [0.3, 0.4) is 0 Å². The smallest absolute Gasteiger partial charge is 0.257 e. The number of carbonyl (C=O) groups is 1. The van der Waals surface area contributed by atoms with Crippen LogP contribution in [0.4, 0.5) is 0 Å². The van der Waals surface area contributed by atoms with Crippen molar-refractivity contribution in [3.63, 3.8) is 0 Å². The average Bonchev–Trinajstić information content (AvgIpc) is 3.13. The number of halogens is 1. The van der Waals surface area contributed by atoms with Crippen LogP contribution in [0.15, 0.2) is 42.7 Å². The Morgan fingerprint density at radius 2 is 2.09 bits per heavy atom. The van der Waals surface area contributed by atoms with Gasteiger partial charge in [-0.25, -0.2) is 9.36 Å². The first kappa shape index (κ1) is 15.3. The van der Waals surface area contributed by atoms with Crippen LogP contribution in [-0.4, -0.2) is 25.5 Å². The lowest BCUT2D eigenvalue weighted by molar-refractivity contribution is 0.0950. The van der Waals surface area contributed by atoms with E-state index >= 15 is 0 Å². The highest BCUT2D eigenvalue weighted by atomic mass is 35.5. The molecular weight excluding hydrogens is 314 g/mol. The van der Waals surface area contributed by atoms with E-state index in [1.807, 2.05) is 18.2 Å². The molecule has 0 aliphatic rings. The van der Waals surface area contributed by atoms with Crippen molar-refractivity contribution in [2.24, 2.45) is 7.05 Å². The lowest BCUT2D eigenvalue weighted by Gasteiger charge is -2.09. The summed E-state index contributed by atoms with van der Waals surface area (Å²) < 4.78 is 3.27. The quantitative estimate of drug-likeness (QED) is 0.799. The van der Waals surface area contributed by atoms with Crippen LogP contribution in [0.5, 0.6) is 0 Å². The van der Waals surface area contributed by atoms with Gasteiger partial charge in [-0.1, -0.05) is 29.8 Å². The van der Waals surface area contributed by atoms with Crippen molar-refractivity contribution >= 4 is 17.5 Å². The Hall–Kier alpha value is -2.60. The van der Waals surface area contributed by atoms with E-state index in [0.717, 1.165) is 5.56 Å². The molecule has 0 saturated carbocycles. The number of rotatable bonds is 4. The molecule has 0 unspecified atom stereocenters. The Morgan fingerprint density at radius 1 is 1.30 bits per heavy atom. The Labute approximate surface area is 138 Å². The van der Waals surface area contributed by atoms with E-state index in [2.05, 4.69) is 15.5 Å². The Morgan fingerprint density at radius 3 is 2.78 bits per heavy atom. The van der Waals surface area contributed by atoms with E-state index in [4.69, 9.17) is 11.6 Å². The van der Waals surface area contributed by atoms with Crippen LogP contribution in [0, 0.1) is 6.92 Å². The maximum Gasteiger partial charge on any atom is 0.257 e. The van der Waals surface area contributed by atoms with Crippen LogP contribution in [-0.2, 0) is 13.6 Å². The summed E-state index contributed by atoms with van der Waals surface area (Å²) in [4.78, 5) is 12.6.